The van der Waals surface area contributed by atoms with Crippen LogP contribution in [0.5, 0.6) is 0 Å². The highest BCUT2D eigenvalue weighted by atomic mass is 16.1. The second-order valence-electron chi connectivity index (χ2n) is 6.69. The van der Waals surface area contributed by atoms with Gasteiger partial charge in [0.05, 0.1) is 11.2 Å². The van der Waals surface area contributed by atoms with E-state index in [1.165, 1.54) is 5.56 Å². The van der Waals surface area contributed by atoms with Crippen LogP contribution in [0.3, 0.4) is 0 Å². The number of anilines is 3. The molecule has 0 saturated carbocycles. The lowest BCUT2D eigenvalue weighted by atomic mass is 10.1. The number of aryl methyl sites for hydroxylation is 2. The second kappa shape index (κ2) is 7.48. The van der Waals surface area contributed by atoms with Crippen molar-refractivity contribution in [1.29, 1.82) is 0 Å². The summed E-state index contributed by atoms with van der Waals surface area (Å²) in [4.78, 5) is 21.3. The summed E-state index contributed by atoms with van der Waals surface area (Å²) in [5, 5.41) is 7.30. The molecule has 5 heteroatoms. The highest BCUT2D eigenvalue weighted by Crippen LogP contribution is 2.25. The van der Waals surface area contributed by atoms with E-state index in [4.69, 9.17) is 0 Å². The van der Waals surface area contributed by atoms with E-state index in [1.807, 2.05) is 68.4 Å². The molecule has 0 atom stereocenters. The van der Waals surface area contributed by atoms with Gasteiger partial charge in [-0.05, 0) is 61.4 Å². The van der Waals surface area contributed by atoms with Gasteiger partial charge in [-0.3, -0.25) is 14.8 Å². The number of fused-ring (bicyclic) bond motifs is 1. The number of carbonyl (C=O) groups is 1. The average Bonchev–Trinajstić information content (AvgIpc) is 2.71. The molecule has 0 saturated heterocycles. The van der Waals surface area contributed by atoms with E-state index in [0.717, 1.165) is 33.5 Å². The van der Waals surface area contributed by atoms with E-state index in [9.17, 15) is 4.79 Å². The molecule has 0 aliphatic rings. The second-order valence-corrected chi connectivity index (χ2v) is 6.69. The first kappa shape index (κ1) is 17.7. The van der Waals surface area contributed by atoms with Crippen molar-refractivity contribution < 1.29 is 4.79 Å². The van der Waals surface area contributed by atoms with E-state index < -0.39 is 0 Å². The molecule has 1 amide bonds. The maximum Gasteiger partial charge on any atom is 0.274 e. The number of pyridine rings is 2. The molecule has 2 aromatic carbocycles. The van der Waals surface area contributed by atoms with Crippen LogP contribution in [0.15, 0.2) is 73.1 Å². The third-order valence-corrected chi connectivity index (χ3v) is 4.67. The summed E-state index contributed by atoms with van der Waals surface area (Å²) in [5.74, 6) is -0.247. The first-order valence-electron chi connectivity index (χ1n) is 9.05. The fraction of sp³-hybridized carbons (Fsp3) is 0.0870. The summed E-state index contributed by atoms with van der Waals surface area (Å²) in [5.41, 5.74) is 5.95. The first-order chi connectivity index (χ1) is 13.6. The Bertz CT molecular complexity index is 1160. The molecule has 138 valence electrons. The molecule has 5 nitrogen and oxygen atoms in total. The van der Waals surface area contributed by atoms with E-state index in [0.29, 0.717) is 5.69 Å². The predicted octanol–water partition coefficient (Wildman–Crippen LogP) is 5.24. The van der Waals surface area contributed by atoms with Crippen LogP contribution in [-0.4, -0.2) is 15.9 Å². The number of amides is 1. The molecule has 0 fully saturated rings. The lowest BCUT2D eigenvalue weighted by molar-refractivity contribution is 0.102. The Labute approximate surface area is 163 Å². The molecule has 4 aromatic rings. The molecule has 2 heterocycles. The van der Waals surface area contributed by atoms with Crippen LogP contribution in [0, 0.1) is 13.8 Å². The molecule has 0 aliphatic heterocycles. The molecular formula is C23H20N4O. The minimum Gasteiger partial charge on any atom is -0.354 e. The Morgan fingerprint density at radius 3 is 2.54 bits per heavy atom. The van der Waals surface area contributed by atoms with Gasteiger partial charge in [-0.2, -0.15) is 0 Å². The molecule has 0 radical (unpaired) electrons. The maximum absolute atomic E-state index is 12.6. The van der Waals surface area contributed by atoms with Crippen molar-refractivity contribution in [1.82, 2.24) is 9.97 Å². The average molecular weight is 368 g/mol. The minimum absolute atomic E-state index is 0.247. The van der Waals surface area contributed by atoms with Gasteiger partial charge in [0.25, 0.3) is 5.91 Å². The van der Waals surface area contributed by atoms with Crippen LogP contribution in [0.4, 0.5) is 17.1 Å². The first-order valence-corrected chi connectivity index (χ1v) is 9.05. The van der Waals surface area contributed by atoms with Crippen LogP contribution in [0.1, 0.15) is 21.6 Å². The number of para-hydroxylation sites is 1. The zero-order chi connectivity index (χ0) is 19.5. The van der Waals surface area contributed by atoms with E-state index in [1.54, 1.807) is 18.5 Å². The Balaban J connectivity index is 1.57. The lowest BCUT2D eigenvalue weighted by Crippen LogP contribution is -2.14. The molecular weight excluding hydrogens is 348 g/mol. The van der Waals surface area contributed by atoms with Crippen molar-refractivity contribution in [2.45, 2.75) is 13.8 Å². The van der Waals surface area contributed by atoms with Gasteiger partial charge >= 0.3 is 0 Å². The fourth-order valence-electron chi connectivity index (χ4n) is 3.01. The summed E-state index contributed by atoms with van der Waals surface area (Å²) >= 11 is 0. The van der Waals surface area contributed by atoms with Gasteiger partial charge in [0.15, 0.2) is 0 Å². The number of benzene rings is 2. The van der Waals surface area contributed by atoms with Gasteiger partial charge in [-0.15, -0.1) is 0 Å². The van der Waals surface area contributed by atoms with Crippen LogP contribution in [0.25, 0.3) is 10.9 Å². The minimum atomic E-state index is -0.247. The molecule has 4 rings (SSSR count). The number of aromatic nitrogens is 2. The monoisotopic (exact) mass is 368 g/mol. The Morgan fingerprint density at radius 2 is 1.68 bits per heavy atom. The maximum atomic E-state index is 12.6. The molecule has 2 N–H and O–H groups in total. The Kier molecular flexibility index (Phi) is 4.72. The molecule has 2 aromatic heterocycles. The predicted molar refractivity (Wildman–Crippen MR) is 113 cm³/mol. The van der Waals surface area contributed by atoms with Gasteiger partial charge in [0, 0.05) is 29.2 Å². The smallest absolute Gasteiger partial charge is 0.274 e. The van der Waals surface area contributed by atoms with Crippen molar-refractivity contribution >= 4 is 33.9 Å². The third-order valence-electron chi connectivity index (χ3n) is 4.67. The number of hydrogen-bond acceptors (Lipinski definition) is 4. The standard InChI is InChI=1S/C23H20N4O/c1-15-8-9-18(13-16(15)2)27-23(28)21-14-19(10-12-24-21)26-20-7-3-5-17-6-4-11-25-22(17)20/h3-14H,1-2H3,(H,24,26)(H,27,28). The third kappa shape index (κ3) is 3.69. The molecule has 0 aliphatic carbocycles. The van der Waals surface area contributed by atoms with Crippen LogP contribution < -0.4 is 10.6 Å². The van der Waals surface area contributed by atoms with Crippen LogP contribution >= 0.6 is 0 Å². The number of rotatable bonds is 4. The van der Waals surface area contributed by atoms with Crippen molar-refractivity contribution in [3.8, 4) is 0 Å². The highest BCUT2D eigenvalue weighted by molar-refractivity contribution is 6.03. The summed E-state index contributed by atoms with van der Waals surface area (Å²) in [6, 6.07) is 19.3. The molecule has 0 spiro atoms. The summed E-state index contributed by atoms with van der Waals surface area (Å²) < 4.78 is 0. The highest BCUT2D eigenvalue weighted by Gasteiger charge is 2.10. The number of nitrogens with zero attached hydrogens (tertiary/aromatic N) is 2. The number of hydrogen-bond donors (Lipinski definition) is 2. The molecule has 28 heavy (non-hydrogen) atoms. The fourth-order valence-corrected chi connectivity index (χ4v) is 3.01. The SMILES string of the molecule is Cc1ccc(NC(=O)c2cc(Nc3cccc4cccnc34)ccn2)cc1C. The van der Waals surface area contributed by atoms with Crippen LogP contribution in [0.2, 0.25) is 0 Å². The van der Waals surface area contributed by atoms with E-state index in [2.05, 4.69) is 20.6 Å². The van der Waals surface area contributed by atoms with E-state index in [-0.39, 0.29) is 5.91 Å². The molecule has 0 bridgehead atoms. The largest absolute Gasteiger partial charge is 0.354 e. The lowest BCUT2D eigenvalue weighted by Gasteiger charge is -2.11. The van der Waals surface area contributed by atoms with Gasteiger partial charge < -0.3 is 10.6 Å². The van der Waals surface area contributed by atoms with Crippen molar-refractivity contribution in [3.63, 3.8) is 0 Å². The zero-order valence-electron chi connectivity index (χ0n) is 15.7. The molecule has 0 unspecified atom stereocenters. The quantitative estimate of drug-likeness (QED) is 0.517. The van der Waals surface area contributed by atoms with Crippen molar-refractivity contribution in [2.75, 3.05) is 10.6 Å². The van der Waals surface area contributed by atoms with Crippen molar-refractivity contribution in [2.24, 2.45) is 0 Å². The number of nitrogens with one attached hydrogen (secondary N) is 2. The summed E-state index contributed by atoms with van der Waals surface area (Å²) in [7, 11) is 0. The van der Waals surface area contributed by atoms with Gasteiger partial charge in [-0.25, -0.2) is 0 Å². The Morgan fingerprint density at radius 1 is 0.821 bits per heavy atom. The number of carbonyl (C=O) groups excluding carboxylic acids is 1. The normalized spacial score (nSPS) is 10.6. The van der Waals surface area contributed by atoms with Gasteiger partial charge in [-0.1, -0.05) is 24.3 Å². The van der Waals surface area contributed by atoms with Crippen LogP contribution in [-0.2, 0) is 0 Å². The Hall–Kier alpha value is -3.73. The summed E-state index contributed by atoms with van der Waals surface area (Å²) in [6.45, 7) is 4.06. The van der Waals surface area contributed by atoms with Crippen molar-refractivity contribution in [3.05, 3.63) is 89.9 Å². The zero-order valence-corrected chi connectivity index (χ0v) is 15.7. The van der Waals surface area contributed by atoms with Gasteiger partial charge in [0.2, 0.25) is 0 Å². The van der Waals surface area contributed by atoms with Gasteiger partial charge in [0.1, 0.15) is 5.69 Å². The summed E-state index contributed by atoms with van der Waals surface area (Å²) in [6.07, 6.45) is 3.39. The van der Waals surface area contributed by atoms with E-state index >= 15 is 0 Å². The topological polar surface area (TPSA) is 66.9 Å².